The fraction of sp³-hybridized carbons (Fsp3) is 0.600. The number of fused-ring (bicyclic) bond motifs is 2. The number of esters is 4. The molecular formula is C10H8O6. The van der Waals surface area contributed by atoms with Crippen LogP contribution < -0.4 is 0 Å². The molecule has 0 spiro atoms. The molecule has 84 valence electrons. The van der Waals surface area contributed by atoms with Crippen LogP contribution >= 0.6 is 0 Å². The van der Waals surface area contributed by atoms with Gasteiger partial charge in [0, 0.05) is 0 Å². The van der Waals surface area contributed by atoms with E-state index in [0.29, 0.717) is 0 Å². The molecule has 0 amide bonds. The van der Waals surface area contributed by atoms with Gasteiger partial charge in [-0.15, -0.1) is 0 Å². The molecule has 3 rings (SSSR count). The molecule has 2 saturated heterocycles. The number of carbonyl (C=O) groups is 4. The van der Waals surface area contributed by atoms with Crippen molar-refractivity contribution < 1.29 is 28.7 Å². The second-order valence-corrected chi connectivity index (χ2v) is 4.38. The first-order valence-electron chi connectivity index (χ1n) is 5.09. The van der Waals surface area contributed by atoms with Crippen LogP contribution in [-0.2, 0) is 28.7 Å². The Kier molecular flexibility index (Phi) is 1.72. The second-order valence-electron chi connectivity index (χ2n) is 4.38. The Labute approximate surface area is 89.9 Å². The monoisotopic (exact) mass is 224 g/mol. The minimum atomic E-state index is -0.583. The van der Waals surface area contributed by atoms with Crippen LogP contribution in [0.4, 0.5) is 0 Å². The van der Waals surface area contributed by atoms with Crippen LogP contribution in [0.15, 0.2) is 0 Å². The molecule has 6 nitrogen and oxygen atoms in total. The molecule has 16 heavy (non-hydrogen) atoms. The van der Waals surface area contributed by atoms with Gasteiger partial charge >= 0.3 is 23.9 Å². The summed E-state index contributed by atoms with van der Waals surface area (Å²) >= 11 is 0. The summed E-state index contributed by atoms with van der Waals surface area (Å²) in [5.41, 5.74) is 0. The molecule has 3 fully saturated rings. The third-order valence-corrected chi connectivity index (χ3v) is 3.60. The van der Waals surface area contributed by atoms with E-state index in [2.05, 4.69) is 9.47 Å². The zero-order valence-electron chi connectivity index (χ0n) is 8.17. The summed E-state index contributed by atoms with van der Waals surface area (Å²) in [6.45, 7) is 0. The highest BCUT2D eigenvalue weighted by Gasteiger charge is 2.57. The van der Waals surface area contributed by atoms with Crippen molar-refractivity contribution in [2.75, 3.05) is 0 Å². The van der Waals surface area contributed by atoms with Crippen molar-refractivity contribution >= 4 is 23.9 Å². The largest absolute Gasteiger partial charge is 0.393 e. The number of rotatable bonds is 0. The van der Waals surface area contributed by atoms with Crippen molar-refractivity contribution in [3.05, 3.63) is 0 Å². The van der Waals surface area contributed by atoms with E-state index in [1.54, 1.807) is 0 Å². The van der Waals surface area contributed by atoms with Crippen molar-refractivity contribution in [2.45, 2.75) is 12.8 Å². The van der Waals surface area contributed by atoms with Crippen LogP contribution in [0, 0.1) is 23.7 Å². The van der Waals surface area contributed by atoms with Crippen molar-refractivity contribution in [2.24, 2.45) is 23.7 Å². The molecule has 4 atom stereocenters. The molecule has 0 N–H and O–H groups in total. The molecule has 6 heteroatoms. The van der Waals surface area contributed by atoms with Crippen LogP contribution in [0.5, 0.6) is 0 Å². The standard InChI is InChI=1S/C10H8O6/c11-7-3-1-4-6(10(14)16-8(4)12)2-5(3)9(13)15-7/h3-6H,1-2H2/t3-,4-,5-,6+/m1/s1. The quantitative estimate of drug-likeness (QED) is 0.404. The van der Waals surface area contributed by atoms with Gasteiger partial charge in [-0.1, -0.05) is 0 Å². The molecule has 0 bridgehead atoms. The Hall–Kier alpha value is -1.72. The smallest absolute Gasteiger partial charge is 0.317 e. The molecule has 0 aromatic heterocycles. The highest BCUT2D eigenvalue weighted by atomic mass is 16.6. The van der Waals surface area contributed by atoms with Crippen LogP contribution in [0.25, 0.3) is 0 Å². The number of cyclic esters (lactones) is 4. The van der Waals surface area contributed by atoms with Crippen LogP contribution in [-0.4, -0.2) is 23.9 Å². The Bertz CT molecular complexity index is 349. The van der Waals surface area contributed by atoms with Crippen molar-refractivity contribution in [3.63, 3.8) is 0 Å². The van der Waals surface area contributed by atoms with E-state index < -0.39 is 47.5 Å². The highest BCUT2D eigenvalue weighted by Crippen LogP contribution is 2.45. The maximum atomic E-state index is 11.3. The van der Waals surface area contributed by atoms with Gasteiger partial charge in [0.25, 0.3) is 0 Å². The first-order chi connectivity index (χ1) is 7.58. The van der Waals surface area contributed by atoms with E-state index in [0.717, 1.165) is 0 Å². The summed E-state index contributed by atoms with van der Waals surface area (Å²) in [4.78, 5) is 45.3. The lowest BCUT2D eigenvalue weighted by Crippen LogP contribution is -2.35. The third kappa shape index (κ3) is 1.07. The van der Waals surface area contributed by atoms with Gasteiger partial charge in [-0.25, -0.2) is 0 Å². The highest BCUT2D eigenvalue weighted by molar-refractivity contribution is 6.01. The van der Waals surface area contributed by atoms with Crippen LogP contribution in [0.1, 0.15) is 12.8 Å². The van der Waals surface area contributed by atoms with Gasteiger partial charge in [0.2, 0.25) is 0 Å². The topological polar surface area (TPSA) is 86.7 Å². The molecule has 1 saturated carbocycles. The molecule has 3 aliphatic rings. The number of ether oxygens (including phenoxy) is 2. The minimum Gasteiger partial charge on any atom is -0.393 e. The van der Waals surface area contributed by atoms with Crippen LogP contribution in [0.3, 0.4) is 0 Å². The summed E-state index contributed by atoms with van der Waals surface area (Å²) in [6, 6.07) is 0. The Morgan fingerprint density at radius 2 is 0.875 bits per heavy atom. The predicted molar refractivity (Wildman–Crippen MR) is 45.4 cm³/mol. The van der Waals surface area contributed by atoms with Gasteiger partial charge in [0.1, 0.15) is 0 Å². The first kappa shape index (κ1) is 9.50. The SMILES string of the molecule is O=C1OC(=O)[C@@H]2C[C@H]3C(=O)OC(=O)[C@@H]3C[C@H]12. The Morgan fingerprint density at radius 3 is 1.12 bits per heavy atom. The van der Waals surface area contributed by atoms with Gasteiger partial charge in [-0.2, -0.15) is 0 Å². The average molecular weight is 224 g/mol. The zero-order chi connectivity index (χ0) is 11.4. The molecule has 0 aromatic carbocycles. The summed E-state index contributed by atoms with van der Waals surface area (Å²) in [5, 5.41) is 0. The number of carbonyl (C=O) groups excluding carboxylic acids is 4. The van der Waals surface area contributed by atoms with E-state index in [4.69, 9.17) is 0 Å². The average Bonchev–Trinajstić information content (AvgIpc) is 2.67. The summed E-state index contributed by atoms with van der Waals surface area (Å²) in [7, 11) is 0. The predicted octanol–water partition coefficient (Wildman–Crippen LogP) is -0.588. The van der Waals surface area contributed by atoms with Crippen molar-refractivity contribution in [1.82, 2.24) is 0 Å². The van der Waals surface area contributed by atoms with E-state index in [1.165, 1.54) is 0 Å². The van der Waals surface area contributed by atoms with E-state index in [9.17, 15) is 19.2 Å². The van der Waals surface area contributed by atoms with Gasteiger partial charge < -0.3 is 9.47 Å². The van der Waals surface area contributed by atoms with Gasteiger partial charge in [-0.05, 0) is 12.8 Å². The maximum Gasteiger partial charge on any atom is 0.317 e. The lowest BCUT2D eigenvalue weighted by molar-refractivity contribution is -0.154. The molecular weight excluding hydrogens is 216 g/mol. The fourth-order valence-corrected chi connectivity index (χ4v) is 2.75. The van der Waals surface area contributed by atoms with E-state index >= 15 is 0 Å². The lowest BCUT2D eigenvalue weighted by atomic mass is 9.70. The van der Waals surface area contributed by atoms with Crippen molar-refractivity contribution in [3.8, 4) is 0 Å². The summed E-state index contributed by atoms with van der Waals surface area (Å²) in [5.74, 6) is -4.64. The van der Waals surface area contributed by atoms with Gasteiger partial charge in [0.15, 0.2) is 0 Å². The minimum absolute atomic E-state index is 0.185. The first-order valence-corrected chi connectivity index (χ1v) is 5.09. The number of hydrogen-bond donors (Lipinski definition) is 0. The molecule has 0 unspecified atom stereocenters. The third-order valence-electron chi connectivity index (χ3n) is 3.60. The molecule has 0 aromatic rings. The Balaban J connectivity index is 1.92. The van der Waals surface area contributed by atoms with E-state index in [1.807, 2.05) is 0 Å². The molecule has 0 radical (unpaired) electrons. The molecule has 2 aliphatic heterocycles. The summed E-state index contributed by atoms with van der Waals surface area (Å²) < 4.78 is 9.01. The second kappa shape index (κ2) is 2.90. The zero-order valence-corrected chi connectivity index (χ0v) is 8.17. The maximum absolute atomic E-state index is 11.3. The van der Waals surface area contributed by atoms with Crippen LogP contribution in [0.2, 0.25) is 0 Å². The van der Waals surface area contributed by atoms with E-state index in [-0.39, 0.29) is 12.8 Å². The fourth-order valence-electron chi connectivity index (χ4n) is 2.75. The number of hydrogen-bond acceptors (Lipinski definition) is 6. The normalized spacial score (nSPS) is 41.5. The van der Waals surface area contributed by atoms with Gasteiger partial charge in [-0.3, -0.25) is 19.2 Å². The molecule has 1 aliphatic carbocycles. The Morgan fingerprint density at radius 1 is 0.625 bits per heavy atom. The van der Waals surface area contributed by atoms with Gasteiger partial charge in [0.05, 0.1) is 23.7 Å². The lowest BCUT2D eigenvalue weighted by Gasteiger charge is -2.25. The van der Waals surface area contributed by atoms with Crippen molar-refractivity contribution in [1.29, 1.82) is 0 Å². The summed E-state index contributed by atoms with van der Waals surface area (Å²) in [6.07, 6.45) is 0.370. The molecule has 2 heterocycles.